The summed E-state index contributed by atoms with van der Waals surface area (Å²) in [5.74, 6) is 5.16. The van der Waals surface area contributed by atoms with E-state index in [-0.39, 0.29) is 0 Å². The fraction of sp³-hybridized carbons (Fsp3) is 0.386. The quantitative estimate of drug-likeness (QED) is 0.0351. The van der Waals surface area contributed by atoms with Crippen LogP contribution in [-0.4, -0.2) is 39.6 Å². The normalized spacial score (nSPS) is 11.2. The van der Waals surface area contributed by atoms with E-state index in [4.69, 9.17) is 37.9 Å². The molecule has 0 atom stereocenters. The van der Waals surface area contributed by atoms with Crippen molar-refractivity contribution in [3.8, 4) is 101 Å². The first-order valence-electron chi connectivity index (χ1n) is 36.2. The summed E-state index contributed by atoms with van der Waals surface area (Å²) in [4.78, 5) is 0. The molecule has 96 heavy (non-hydrogen) atoms. The zero-order valence-electron chi connectivity index (χ0n) is 59.0. The number of unbranched alkanes of at least 4 members (excludes halogenated alkanes) is 14. The standard InChI is InChI=1S/C88H106O8/c1-9-15-17-19-21-23-25-27-53-95-81-49-37-71(38-50-81)87-59-76(64-90-62-74-58-84(68-31-43-78(44-32-68)92-12-4)66(8)56-86(74)70-35-47-80(48-36-70)94-14-6)88(72-39-51-82(52-40-72)96-54-28-26-24-22-20-18-16-10-2)60-75(87)63-89-61-73-57-83(67-29-41-77(42-30-67)91-11-3)65(7)55-85(73)69-33-45-79(46-34-69)93-13-5/h29-52,55-60H,9-28,53-54,61-64H2,1-8H3. The van der Waals surface area contributed by atoms with Crippen molar-refractivity contribution in [2.45, 2.75) is 185 Å². The lowest BCUT2D eigenvalue weighted by atomic mass is 9.90. The maximum atomic E-state index is 7.11. The topological polar surface area (TPSA) is 73.8 Å². The maximum absolute atomic E-state index is 7.11. The molecule has 0 spiro atoms. The first kappa shape index (κ1) is 72.0. The molecule has 9 aromatic carbocycles. The Morgan fingerprint density at radius 1 is 0.219 bits per heavy atom. The SMILES string of the molecule is CCCCCCCCCCOc1ccc(-c2cc(COCc3cc(-c4ccc(OCC)cc4)c(C)cc3-c3ccc(OCC)cc3)c(-c3ccc(OCCCCCCCCCC)cc3)cc2COCc2cc(-c3ccc(OCC)cc3)c(C)cc2-c2ccc(OCC)cc2)cc1. The average molecular weight is 1290 g/mol. The van der Waals surface area contributed by atoms with Gasteiger partial charge in [-0.25, -0.2) is 0 Å². The largest absolute Gasteiger partial charge is 0.494 e. The van der Waals surface area contributed by atoms with Crippen molar-refractivity contribution in [2.24, 2.45) is 0 Å². The van der Waals surface area contributed by atoms with Crippen LogP contribution in [0.1, 0.15) is 178 Å². The second kappa shape index (κ2) is 39.0. The third kappa shape index (κ3) is 21.3. The highest BCUT2D eigenvalue weighted by atomic mass is 16.5. The molecule has 0 saturated heterocycles. The summed E-state index contributed by atoms with van der Waals surface area (Å²) >= 11 is 0. The number of rotatable bonds is 42. The van der Waals surface area contributed by atoms with Crippen molar-refractivity contribution in [1.29, 1.82) is 0 Å². The number of ether oxygens (including phenoxy) is 8. The van der Waals surface area contributed by atoms with Gasteiger partial charge in [-0.15, -0.1) is 0 Å². The van der Waals surface area contributed by atoms with Crippen molar-refractivity contribution in [1.82, 2.24) is 0 Å². The Balaban J connectivity index is 1.08. The highest BCUT2D eigenvalue weighted by Crippen LogP contribution is 2.40. The van der Waals surface area contributed by atoms with E-state index >= 15 is 0 Å². The first-order valence-corrected chi connectivity index (χ1v) is 36.2. The van der Waals surface area contributed by atoms with E-state index in [1.807, 2.05) is 27.7 Å². The molecule has 0 radical (unpaired) electrons. The molecular formula is C88H106O8. The fourth-order valence-corrected chi connectivity index (χ4v) is 12.8. The summed E-state index contributed by atoms with van der Waals surface area (Å²) in [6.07, 6.45) is 20.1. The third-order valence-electron chi connectivity index (χ3n) is 18.0. The van der Waals surface area contributed by atoms with Crippen LogP contribution in [0.3, 0.4) is 0 Å². The predicted molar refractivity (Wildman–Crippen MR) is 399 cm³/mol. The lowest BCUT2D eigenvalue weighted by molar-refractivity contribution is 0.106. The van der Waals surface area contributed by atoms with Crippen LogP contribution < -0.4 is 28.4 Å². The van der Waals surface area contributed by atoms with E-state index in [9.17, 15) is 0 Å². The van der Waals surface area contributed by atoms with Crippen LogP contribution in [0.4, 0.5) is 0 Å². The van der Waals surface area contributed by atoms with Crippen molar-refractivity contribution < 1.29 is 37.9 Å². The Bertz CT molecular complexity index is 3470. The molecule has 0 aliphatic heterocycles. The minimum atomic E-state index is 0.345. The molecule has 0 saturated carbocycles. The van der Waals surface area contributed by atoms with Crippen LogP contribution in [0.5, 0.6) is 34.5 Å². The maximum Gasteiger partial charge on any atom is 0.119 e. The molecule has 9 aromatic rings. The molecule has 0 N–H and O–H groups in total. The number of benzene rings is 9. The molecule has 0 amide bonds. The Morgan fingerprint density at radius 3 is 0.677 bits per heavy atom. The molecule has 8 heteroatoms. The molecule has 0 aliphatic rings. The van der Waals surface area contributed by atoms with Crippen molar-refractivity contribution >= 4 is 0 Å². The van der Waals surface area contributed by atoms with Gasteiger partial charge in [-0.05, 0) is 252 Å². The molecular weight excluding hydrogens is 1180 g/mol. The van der Waals surface area contributed by atoms with Gasteiger partial charge in [0.15, 0.2) is 0 Å². The van der Waals surface area contributed by atoms with Gasteiger partial charge in [0.1, 0.15) is 34.5 Å². The Morgan fingerprint density at radius 2 is 0.427 bits per heavy atom. The van der Waals surface area contributed by atoms with E-state index in [0.717, 1.165) is 136 Å². The van der Waals surface area contributed by atoms with Crippen LogP contribution in [0, 0.1) is 13.8 Å². The summed E-state index contributed by atoms with van der Waals surface area (Å²) in [6, 6.07) is 64.9. The van der Waals surface area contributed by atoms with E-state index in [1.165, 1.54) is 101 Å². The number of hydrogen-bond acceptors (Lipinski definition) is 8. The molecule has 0 aliphatic carbocycles. The minimum absolute atomic E-state index is 0.345. The first-order chi connectivity index (χ1) is 47.2. The van der Waals surface area contributed by atoms with Crippen molar-refractivity contribution in [2.75, 3.05) is 39.6 Å². The summed E-state index contributed by atoms with van der Waals surface area (Å²) in [6.45, 7) is 22.3. The smallest absolute Gasteiger partial charge is 0.119 e. The molecule has 0 fully saturated rings. The van der Waals surface area contributed by atoms with Gasteiger partial charge in [0.05, 0.1) is 66.1 Å². The van der Waals surface area contributed by atoms with Crippen LogP contribution in [0.15, 0.2) is 182 Å². The summed E-state index contributed by atoms with van der Waals surface area (Å²) in [7, 11) is 0. The monoisotopic (exact) mass is 1290 g/mol. The van der Waals surface area contributed by atoms with Crippen LogP contribution in [0.25, 0.3) is 66.8 Å². The van der Waals surface area contributed by atoms with Gasteiger partial charge >= 0.3 is 0 Å². The second-order valence-electron chi connectivity index (χ2n) is 25.3. The van der Waals surface area contributed by atoms with Gasteiger partial charge in [0, 0.05) is 0 Å². The second-order valence-corrected chi connectivity index (χ2v) is 25.3. The molecule has 0 unspecified atom stereocenters. The Kier molecular flexibility index (Phi) is 29.3. The molecule has 8 nitrogen and oxygen atoms in total. The average Bonchev–Trinajstić information content (AvgIpc) is 1.07. The van der Waals surface area contributed by atoms with Crippen molar-refractivity contribution in [3.05, 3.63) is 215 Å². The Labute approximate surface area is 575 Å². The van der Waals surface area contributed by atoms with E-state index in [0.29, 0.717) is 66.1 Å². The highest BCUT2D eigenvalue weighted by Gasteiger charge is 2.19. The molecule has 0 aromatic heterocycles. The summed E-state index contributed by atoms with van der Waals surface area (Å²) < 4.78 is 50.6. The van der Waals surface area contributed by atoms with E-state index in [2.05, 4.69) is 210 Å². The molecule has 0 bridgehead atoms. The zero-order chi connectivity index (χ0) is 67.1. The van der Waals surface area contributed by atoms with Gasteiger partial charge in [0.25, 0.3) is 0 Å². The van der Waals surface area contributed by atoms with Gasteiger partial charge in [-0.2, -0.15) is 0 Å². The van der Waals surface area contributed by atoms with Crippen LogP contribution in [0.2, 0.25) is 0 Å². The summed E-state index contributed by atoms with van der Waals surface area (Å²) in [5.41, 5.74) is 20.0. The summed E-state index contributed by atoms with van der Waals surface area (Å²) in [5, 5.41) is 0. The van der Waals surface area contributed by atoms with Crippen LogP contribution in [-0.2, 0) is 35.9 Å². The van der Waals surface area contributed by atoms with Crippen LogP contribution >= 0.6 is 0 Å². The van der Waals surface area contributed by atoms with E-state index in [1.54, 1.807) is 0 Å². The Hall–Kier alpha value is -8.30. The van der Waals surface area contributed by atoms with E-state index < -0.39 is 0 Å². The van der Waals surface area contributed by atoms with Gasteiger partial charge in [-0.1, -0.05) is 189 Å². The fourth-order valence-electron chi connectivity index (χ4n) is 12.8. The lowest BCUT2D eigenvalue weighted by Crippen LogP contribution is -2.04. The molecule has 0 heterocycles. The number of hydrogen-bond donors (Lipinski definition) is 0. The highest BCUT2D eigenvalue weighted by molar-refractivity contribution is 5.80. The van der Waals surface area contributed by atoms with Gasteiger partial charge < -0.3 is 37.9 Å². The minimum Gasteiger partial charge on any atom is -0.494 e. The van der Waals surface area contributed by atoms with Crippen molar-refractivity contribution in [3.63, 3.8) is 0 Å². The van der Waals surface area contributed by atoms with Gasteiger partial charge in [0.2, 0.25) is 0 Å². The van der Waals surface area contributed by atoms with Gasteiger partial charge in [-0.3, -0.25) is 0 Å². The lowest BCUT2D eigenvalue weighted by Gasteiger charge is -2.20. The molecule has 506 valence electrons. The number of aryl methyl sites for hydroxylation is 2. The zero-order valence-corrected chi connectivity index (χ0v) is 59.0. The third-order valence-corrected chi connectivity index (χ3v) is 18.0. The predicted octanol–water partition coefficient (Wildman–Crippen LogP) is 24.4. The molecule has 9 rings (SSSR count).